The molecule has 1 N–H and O–H groups in total. The Morgan fingerprint density at radius 3 is 2.89 bits per heavy atom. The summed E-state index contributed by atoms with van der Waals surface area (Å²) in [5.74, 6) is 0.986. The summed E-state index contributed by atoms with van der Waals surface area (Å²) >= 11 is 0. The third-order valence-electron chi connectivity index (χ3n) is 3.95. The lowest BCUT2D eigenvalue weighted by Crippen LogP contribution is -3.16. The van der Waals surface area contributed by atoms with Gasteiger partial charge in [0.05, 0.1) is 19.4 Å². The molecule has 4 heteroatoms. The number of rotatable bonds is 3. The van der Waals surface area contributed by atoms with Crippen molar-refractivity contribution in [1.29, 1.82) is 0 Å². The summed E-state index contributed by atoms with van der Waals surface area (Å²) in [5.41, 5.74) is 0. The number of fused-ring (bicyclic) bond motifs is 3. The Labute approximate surface area is 106 Å². The minimum absolute atomic E-state index is 0.108. The van der Waals surface area contributed by atoms with Gasteiger partial charge >= 0.3 is 5.97 Å². The summed E-state index contributed by atoms with van der Waals surface area (Å²) in [6.07, 6.45) is 7.17. The van der Waals surface area contributed by atoms with E-state index in [2.05, 4.69) is 0 Å². The average molecular weight is 248 g/mol. The monoisotopic (exact) mass is 248 g/mol. The van der Waals surface area contributed by atoms with Crippen molar-refractivity contribution in [1.82, 2.24) is 0 Å². The first-order valence-electron chi connectivity index (χ1n) is 6.57. The molecule has 0 unspecified atom stereocenters. The van der Waals surface area contributed by atoms with Crippen molar-refractivity contribution in [3.8, 4) is 0 Å². The van der Waals surface area contributed by atoms with Crippen LogP contribution in [0.4, 0.5) is 0 Å². The first-order valence-corrected chi connectivity index (χ1v) is 6.57. The van der Waals surface area contributed by atoms with Crippen LogP contribution < -0.4 is 4.90 Å². The molecule has 4 rings (SSSR count). The Kier molecular flexibility index (Phi) is 3.19. The van der Waals surface area contributed by atoms with E-state index in [0.717, 1.165) is 6.54 Å². The van der Waals surface area contributed by atoms with Gasteiger partial charge in [-0.25, -0.2) is 4.79 Å². The summed E-state index contributed by atoms with van der Waals surface area (Å²) in [6.45, 7) is 3.45. The van der Waals surface area contributed by atoms with Gasteiger partial charge in [0.1, 0.15) is 12.3 Å². The van der Waals surface area contributed by atoms with Crippen LogP contribution in [0.25, 0.3) is 6.08 Å². The summed E-state index contributed by atoms with van der Waals surface area (Å²) in [4.78, 5) is 13.3. The fraction of sp³-hybridized carbons (Fsp3) is 0.500. The number of piperidine rings is 3. The van der Waals surface area contributed by atoms with Crippen LogP contribution in [-0.4, -0.2) is 31.7 Å². The van der Waals surface area contributed by atoms with E-state index in [4.69, 9.17) is 9.15 Å². The molecule has 18 heavy (non-hydrogen) atoms. The molecular weight excluding hydrogens is 230 g/mol. The van der Waals surface area contributed by atoms with Gasteiger partial charge < -0.3 is 14.1 Å². The van der Waals surface area contributed by atoms with Crippen LogP contribution in [0, 0.1) is 5.92 Å². The molecule has 3 saturated heterocycles. The lowest BCUT2D eigenvalue weighted by atomic mass is 9.86. The van der Waals surface area contributed by atoms with Crippen molar-refractivity contribution in [2.24, 2.45) is 5.92 Å². The number of furan rings is 1. The molecule has 1 aromatic heterocycles. The topological polar surface area (TPSA) is 43.9 Å². The van der Waals surface area contributed by atoms with Crippen LogP contribution in [0.3, 0.4) is 0 Å². The molecule has 1 aromatic rings. The van der Waals surface area contributed by atoms with E-state index >= 15 is 0 Å². The Morgan fingerprint density at radius 2 is 2.28 bits per heavy atom. The van der Waals surface area contributed by atoms with Crippen LogP contribution in [0.5, 0.6) is 0 Å². The molecule has 4 nitrogen and oxygen atoms in total. The number of hydrogen-bond donors (Lipinski definition) is 1. The standard InChI is InChI=1S/C14H17NO3/c16-14(4-3-12-2-1-9-17-12)18-13-10-15-7-5-11(13)6-8-15/h1-4,9,11,13H,5-8,10H2/p+1/b4-3+/t13-/m0/s1. The Morgan fingerprint density at radius 1 is 1.44 bits per heavy atom. The van der Waals surface area contributed by atoms with E-state index in [9.17, 15) is 4.79 Å². The predicted octanol–water partition coefficient (Wildman–Crippen LogP) is 0.513. The van der Waals surface area contributed by atoms with E-state index < -0.39 is 0 Å². The molecule has 0 amide bonds. The van der Waals surface area contributed by atoms with Crippen molar-refractivity contribution < 1.29 is 18.8 Å². The maximum absolute atomic E-state index is 11.7. The van der Waals surface area contributed by atoms with Crippen LogP contribution in [-0.2, 0) is 9.53 Å². The quantitative estimate of drug-likeness (QED) is 0.626. The summed E-state index contributed by atoms with van der Waals surface area (Å²) in [5, 5.41) is 0. The maximum atomic E-state index is 11.7. The molecule has 3 aliphatic heterocycles. The van der Waals surface area contributed by atoms with Crippen LogP contribution in [0.1, 0.15) is 18.6 Å². The number of carbonyl (C=O) groups excluding carboxylic acids is 1. The van der Waals surface area contributed by atoms with Gasteiger partial charge in [0.25, 0.3) is 0 Å². The van der Waals surface area contributed by atoms with E-state index in [1.807, 2.05) is 6.07 Å². The average Bonchev–Trinajstić information content (AvgIpc) is 2.91. The highest BCUT2D eigenvalue weighted by Gasteiger charge is 2.39. The van der Waals surface area contributed by atoms with Gasteiger partial charge in [0.15, 0.2) is 6.10 Å². The van der Waals surface area contributed by atoms with Crippen LogP contribution in [0.15, 0.2) is 28.9 Å². The third kappa shape index (κ3) is 2.48. The van der Waals surface area contributed by atoms with Gasteiger partial charge in [-0.3, -0.25) is 0 Å². The zero-order valence-electron chi connectivity index (χ0n) is 10.3. The molecular formula is C14H18NO3+. The number of quaternary nitrogens is 1. The fourth-order valence-corrected chi connectivity index (χ4v) is 2.94. The maximum Gasteiger partial charge on any atom is 0.331 e. The normalized spacial score (nSPS) is 30.8. The molecule has 4 heterocycles. The first-order chi connectivity index (χ1) is 8.81. The van der Waals surface area contributed by atoms with Crippen LogP contribution >= 0.6 is 0 Å². The van der Waals surface area contributed by atoms with Crippen molar-refractivity contribution in [3.05, 3.63) is 30.2 Å². The molecule has 96 valence electrons. The molecule has 0 aliphatic carbocycles. The Hall–Kier alpha value is -1.55. The SMILES string of the molecule is O=C(/C=C/c1ccco1)O[C@H]1C[NH+]2CCC1CC2. The van der Waals surface area contributed by atoms with Crippen molar-refractivity contribution in [3.63, 3.8) is 0 Å². The molecule has 0 radical (unpaired) electrons. The smallest absolute Gasteiger partial charge is 0.331 e. The minimum Gasteiger partial charge on any atom is -0.465 e. The van der Waals surface area contributed by atoms with Gasteiger partial charge in [-0.05, 0) is 18.2 Å². The van der Waals surface area contributed by atoms with E-state index in [0.29, 0.717) is 11.7 Å². The Balaban J connectivity index is 1.55. The zero-order valence-corrected chi connectivity index (χ0v) is 10.3. The summed E-state index contributed by atoms with van der Waals surface area (Å²) in [7, 11) is 0. The highest BCUT2D eigenvalue weighted by Crippen LogP contribution is 2.21. The summed E-state index contributed by atoms with van der Waals surface area (Å²) < 4.78 is 10.7. The van der Waals surface area contributed by atoms with Crippen molar-refractivity contribution >= 4 is 12.0 Å². The number of ether oxygens (including phenoxy) is 1. The number of esters is 1. The van der Waals surface area contributed by atoms with Gasteiger partial charge in [0, 0.05) is 24.8 Å². The van der Waals surface area contributed by atoms with E-state index in [-0.39, 0.29) is 12.1 Å². The highest BCUT2D eigenvalue weighted by molar-refractivity contribution is 5.86. The zero-order chi connectivity index (χ0) is 12.4. The number of carbonyl (C=O) groups is 1. The van der Waals surface area contributed by atoms with E-state index in [1.54, 1.807) is 23.3 Å². The largest absolute Gasteiger partial charge is 0.465 e. The van der Waals surface area contributed by atoms with Gasteiger partial charge in [-0.15, -0.1) is 0 Å². The van der Waals surface area contributed by atoms with Gasteiger partial charge in [-0.2, -0.15) is 0 Å². The predicted molar refractivity (Wildman–Crippen MR) is 65.9 cm³/mol. The lowest BCUT2D eigenvalue weighted by Gasteiger charge is -2.40. The van der Waals surface area contributed by atoms with Gasteiger partial charge in [0.2, 0.25) is 0 Å². The second-order valence-corrected chi connectivity index (χ2v) is 5.12. The van der Waals surface area contributed by atoms with Crippen LogP contribution in [0.2, 0.25) is 0 Å². The summed E-state index contributed by atoms with van der Waals surface area (Å²) in [6, 6.07) is 3.60. The minimum atomic E-state index is -0.260. The molecule has 3 aliphatic rings. The molecule has 0 saturated carbocycles. The highest BCUT2D eigenvalue weighted by atomic mass is 16.5. The molecule has 2 bridgehead atoms. The van der Waals surface area contributed by atoms with Crippen molar-refractivity contribution in [2.45, 2.75) is 18.9 Å². The first kappa shape index (κ1) is 11.5. The molecule has 0 aromatic carbocycles. The second kappa shape index (κ2) is 4.98. The molecule has 3 fully saturated rings. The molecule has 1 atom stereocenters. The third-order valence-corrected chi connectivity index (χ3v) is 3.95. The van der Waals surface area contributed by atoms with Crippen molar-refractivity contribution in [2.75, 3.05) is 19.6 Å². The molecule has 0 spiro atoms. The fourth-order valence-electron chi connectivity index (χ4n) is 2.94. The van der Waals surface area contributed by atoms with E-state index in [1.165, 1.54) is 32.0 Å². The number of hydrogen-bond acceptors (Lipinski definition) is 3. The second-order valence-electron chi connectivity index (χ2n) is 5.12. The Bertz CT molecular complexity index is 430. The van der Waals surface area contributed by atoms with Gasteiger partial charge in [-0.1, -0.05) is 0 Å². The number of nitrogens with one attached hydrogen (secondary N) is 1. The lowest BCUT2D eigenvalue weighted by molar-refractivity contribution is -0.920.